The topological polar surface area (TPSA) is 35.2 Å². The van der Waals surface area contributed by atoms with Crippen molar-refractivity contribution in [1.29, 1.82) is 0 Å². The summed E-state index contributed by atoms with van der Waals surface area (Å²) in [5, 5.41) is 0. The number of ether oxygens (including phenoxy) is 1. The average molecular weight is 267 g/mol. The van der Waals surface area contributed by atoms with Crippen LogP contribution in [0.3, 0.4) is 0 Å². The maximum absolute atomic E-state index is 12.9. The lowest BCUT2D eigenvalue weighted by molar-refractivity contribution is 0.0358. The first-order valence-corrected chi connectivity index (χ1v) is 7.27. The minimum Gasteiger partial charge on any atom is -0.372 e. The Balaban J connectivity index is 2.39. The van der Waals surface area contributed by atoms with Gasteiger partial charge in [0.2, 0.25) is 0 Å². The molecule has 2 N–H and O–H groups in total. The van der Waals surface area contributed by atoms with Gasteiger partial charge in [-0.05, 0) is 31.0 Å². The predicted octanol–water partition coefficient (Wildman–Crippen LogP) is 4.20. The minimum atomic E-state index is -0.230. The van der Waals surface area contributed by atoms with Crippen LogP contribution in [0.15, 0.2) is 24.3 Å². The monoisotopic (exact) mass is 267 g/mol. The van der Waals surface area contributed by atoms with Gasteiger partial charge in [0, 0.05) is 12.6 Å². The highest BCUT2D eigenvalue weighted by molar-refractivity contribution is 5.19. The number of nitrogens with two attached hydrogens (primary N) is 1. The summed E-state index contributed by atoms with van der Waals surface area (Å²) < 4.78 is 18.8. The molecule has 0 aliphatic rings. The third-order valence-corrected chi connectivity index (χ3v) is 3.22. The first-order chi connectivity index (χ1) is 9.15. The highest BCUT2D eigenvalue weighted by atomic mass is 19.1. The van der Waals surface area contributed by atoms with Gasteiger partial charge in [-0.3, -0.25) is 0 Å². The zero-order valence-corrected chi connectivity index (χ0v) is 12.1. The van der Waals surface area contributed by atoms with Crippen LogP contribution in [0.1, 0.15) is 57.6 Å². The van der Waals surface area contributed by atoms with E-state index in [0.717, 1.165) is 12.0 Å². The standard InChI is InChI=1S/C16H26FNO/c1-3-4-5-6-7-12-19-16(13(2)18)14-8-10-15(17)11-9-14/h8-11,13,16H,3-7,12,18H2,1-2H3. The largest absolute Gasteiger partial charge is 0.372 e. The van der Waals surface area contributed by atoms with Crippen LogP contribution >= 0.6 is 0 Å². The van der Waals surface area contributed by atoms with Crippen molar-refractivity contribution in [2.45, 2.75) is 58.1 Å². The normalized spacial score (nSPS) is 14.3. The van der Waals surface area contributed by atoms with Gasteiger partial charge in [-0.15, -0.1) is 0 Å². The molecule has 0 radical (unpaired) electrons. The van der Waals surface area contributed by atoms with Gasteiger partial charge in [-0.2, -0.15) is 0 Å². The van der Waals surface area contributed by atoms with E-state index in [1.807, 2.05) is 6.92 Å². The number of rotatable bonds is 9. The molecule has 0 bridgehead atoms. The second-order valence-corrected chi connectivity index (χ2v) is 5.12. The van der Waals surface area contributed by atoms with Gasteiger partial charge < -0.3 is 10.5 Å². The molecule has 1 aromatic rings. The number of unbranched alkanes of at least 4 members (excludes halogenated alkanes) is 4. The Hall–Kier alpha value is -0.930. The molecular weight excluding hydrogens is 241 g/mol. The lowest BCUT2D eigenvalue weighted by atomic mass is 10.0. The molecule has 0 fully saturated rings. The molecule has 2 atom stereocenters. The van der Waals surface area contributed by atoms with E-state index in [-0.39, 0.29) is 18.0 Å². The molecule has 0 amide bonds. The van der Waals surface area contributed by atoms with Gasteiger partial charge in [0.1, 0.15) is 5.82 Å². The SMILES string of the molecule is CCCCCCCOC(c1ccc(F)cc1)C(C)N. The van der Waals surface area contributed by atoms with Gasteiger partial charge in [0.05, 0.1) is 6.10 Å². The zero-order chi connectivity index (χ0) is 14.1. The van der Waals surface area contributed by atoms with Crippen LogP contribution in [0.25, 0.3) is 0 Å². The first-order valence-electron chi connectivity index (χ1n) is 7.27. The molecule has 0 saturated carbocycles. The first kappa shape index (κ1) is 16.1. The van der Waals surface area contributed by atoms with Crippen LogP contribution in [-0.4, -0.2) is 12.6 Å². The fourth-order valence-corrected chi connectivity index (χ4v) is 2.12. The van der Waals surface area contributed by atoms with Crippen molar-refractivity contribution in [1.82, 2.24) is 0 Å². The molecule has 0 aliphatic heterocycles. The second-order valence-electron chi connectivity index (χ2n) is 5.12. The van der Waals surface area contributed by atoms with Crippen molar-refractivity contribution >= 4 is 0 Å². The molecule has 0 spiro atoms. The summed E-state index contributed by atoms with van der Waals surface area (Å²) in [6.07, 6.45) is 5.91. The Kier molecular flexibility index (Phi) is 7.68. The van der Waals surface area contributed by atoms with Crippen molar-refractivity contribution in [3.05, 3.63) is 35.6 Å². The van der Waals surface area contributed by atoms with E-state index in [4.69, 9.17) is 10.5 Å². The van der Waals surface area contributed by atoms with Crippen molar-refractivity contribution in [3.8, 4) is 0 Å². The number of hydrogen-bond donors (Lipinski definition) is 1. The average Bonchev–Trinajstić information content (AvgIpc) is 2.39. The quantitative estimate of drug-likeness (QED) is 0.680. The smallest absolute Gasteiger partial charge is 0.123 e. The van der Waals surface area contributed by atoms with E-state index in [2.05, 4.69) is 6.92 Å². The Morgan fingerprint density at radius 2 is 1.74 bits per heavy atom. The van der Waals surface area contributed by atoms with Crippen LogP contribution < -0.4 is 5.73 Å². The number of halogens is 1. The Bertz CT molecular complexity index is 337. The fraction of sp³-hybridized carbons (Fsp3) is 0.625. The van der Waals surface area contributed by atoms with Gasteiger partial charge in [0.15, 0.2) is 0 Å². The molecule has 1 rings (SSSR count). The maximum atomic E-state index is 12.9. The van der Waals surface area contributed by atoms with E-state index in [9.17, 15) is 4.39 Å². The van der Waals surface area contributed by atoms with E-state index < -0.39 is 0 Å². The summed E-state index contributed by atoms with van der Waals surface area (Å²) >= 11 is 0. The van der Waals surface area contributed by atoms with Crippen molar-refractivity contribution in [2.24, 2.45) is 5.73 Å². The maximum Gasteiger partial charge on any atom is 0.123 e. The Labute approximate surface area is 116 Å². The van der Waals surface area contributed by atoms with E-state index in [0.29, 0.717) is 6.61 Å². The molecule has 1 aromatic carbocycles. The molecule has 19 heavy (non-hydrogen) atoms. The summed E-state index contributed by atoms with van der Waals surface area (Å²) in [6.45, 7) is 4.84. The van der Waals surface area contributed by atoms with Crippen LogP contribution in [0.5, 0.6) is 0 Å². The number of hydrogen-bond acceptors (Lipinski definition) is 2. The van der Waals surface area contributed by atoms with E-state index in [1.54, 1.807) is 12.1 Å². The Morgan fingerprint density at radius 3 is 2.32 bits per heavy atom. The van der Waals surface area contributed by atoms with Crippen molar-refractivity contribution in [3.63, 3.8) is 0 Å². The summed E-state index contributed by atoms with van der Waals surface area (Å²) in [7, 11) is 0. The second kappa shape index (κ2) is 9.05. The molecule has 2 unspecified atom stereocenters. The summed E-state index contributed by atoms with van der Waals surface area (Å²) in [5.74, 6) is -0.230. The highest BCUT2D eigenvalue weighted by Gasteiger charge is 2.16. The van der Waals surface area contributed by atoms with E-state index in [1.165, 1.54) is 37.8 Å². The molecule has 0 saturated heterocycles. The summed E-state index contributed by atoms with van der Waals surface area (Å²) in [6, 6.07) is 6.31. The summed E-state index contributed by atoms with van der Waals surface area (Å²) in [5.41, 5.74) is 6.90. The fourth-order valence-electron chi connectivity index (χ4n) is 2.12. The molecule has 2 nitrogen and oxygen atoms in total. The van der Waals surface area contributed by atoms with Crippen molar-refractivity contribution < 1.29 is 9.13 Å². The van der Waals surface area contributed by atoms with Crippen molar-refractivity contribution in [2.75, 3.05) is 6.61 Å². The lowest BCUT2D eigenvalue weighted by Crippen LogP contribution is -2.27. The molecule has 108 valence electrons. The van der Waals surface area contributed by atoms with Crippen LogP contribution in [0, 0.1) is 5.82 Å². The third-order valence-electron chi connectivity index (χ3n) is 3.22. The molecule has 0 aromatic heterocycles. The van der Waals surface area contributed by atoms with Gasteiger partial charge in [0.25, 0.3) is 0 Å². The molecule has 3 heteroatoms. The predicted molar refractivity (Wildman–Crippen MR) is 77.5 cm³/mol. The van der Waals surface area contributed by atoms with Gasteiger partial charge in [-0.25, -0.2) is 4.39 Å². The lowest BCUT2D eigenvalue weighted by Gasteiger charge is -2.22. The summed E-state index contributed by atoms with van der Waals surface area (Å²) in [4.78, 5) is 0. The molecular formula is C16H26FNO. The van der Waals surface area contributed by atoms with Gasteiger partial charge in [-0.1, -0.05) is 44.7 Å². The Morgan fingerprint density at radius 1 is 1.11 bits per heavy atom. The third kappa shape index (κ3) is 6.17. The van der Waals surface area contributed by atoms with Crippen LogP contribution in [0.4, 0.5) is 4.39 Å². The van der Waals surface area contributed by atoms with E-state index >= 15 is 0 Å². The minimum absolute atomic E-state index is 0.0962. The van der Waals surface area contributed by atoms with Crippen LogP contribution in [-0.2, 0) is 4.74 Å². The molecule has 0 heterocycles. The zero-order valence-electron chi connectivity index (χ0n) is 12.1. The highest BCUT2D eigenvalue weighted by Crippen LogP contribution is 2.21. The van der Waals surface area contributed by atoms with Gasteiger partial charge >= 0.3 is 0 Å². The van der Waals surface area contributed by atoms with Crippen LogP contribution in [0.2, 0.25) is 0 Å². The number of benzene rings is 1. The molecule has 0 aliphatic carbocycles.